The first-order valence-corrected chi connectivity index (χ1v) is 7.99. The van der Waals surface area contributed by atoms with Crippen LogP contribution in [0.5, 0.6) is 0 Å². The average molecular weight is 396 g/mol. The number of halogens is 4. The summed E-state index contributed by atoms with van der Waals surface area (Å²) in [4.78, 5) is 23.0. The Morgan fingerprint density at radius 3 is 2.63 bits per heavy atom. The van der Waals surface area contributed by atoms with E-state index in [2.05, 4.69) is 20.3 Å². The van der Waals surface area contributed by atoms with Crippen molar-refractivity contribution in [2.75, 3.05) is 12.8 Å². The molecule has 1 aromatic carbocycles. The molecule has 2 heterocycles. The highest BCUT2D eigenvalue weighted by Gasteiger charge is 2.31. The third-order valence-electron chi connectivity index (χ3n) is 3.80. The largest absolute Gasteiger partial charge is 0.416 e. The van der Waals surface area contributed by atoms with Gasteiger partial charge in [-0.2, -0.15) is 13.2 Å². The molecule has 0 spiro atoms. The van der Waals surface area contributed by atoms with Crippen LogP contribution in [0.15, 0.2) is 36.5 Å². The standard InChI is InChI=1S/C17H13ClF3N5O/c1-23-15(27)10-7-13(12-4-5-24-16(22)26-12)25-14(10)9-6-8(17(19,20)21)2-3-11(9)18/h2-7,25H,1H3,(H,23,27)(H2,22,24,26). The molecule has 0 saturated heterocycles. The number of aromatic nitrogens is 3. The van der Waals surface area contributed by atoms with Crippen LogP contribution < -0.4 is 11.1 Å². The van der Waals surface area contributed by atoms with E-state index >= 15 is 0 Å². The Balaban J connectivity index is 2.22. The van der Waals surface area contributed by atoms with Crippen molar-refractivity contribution >= 4 is 23.5 Å². The molecule has 1 amide bonds. The van der Waals surface area contributed by atoms with E-state index in [9.17, 15) is 18.0 Å². The van der Waals surface area contributed by atoms with Gasteiger partial charge in [-0.15, -0.1) is 0 Å². The van der Waals surface area contributed by atoms with Gasteiger partial charge in [0.05, 0.1) is 28.2 Å². The number of alkyl halides is 3. The molecule has 0 aliphatic heterocycles. The molecule has 10 heteroatoms. The predicted octanol–water partition coefficient (Wildman–Crippen LogP) is 3.75. The summed E-state index contributed by atoms with van der Waals surface area (Å²) in [5, 5.41) is 2.51. The molecule has 2 aromatic heterocycles. The molecule has 0 radical (unpaired) electrons. The first-order chi connectivity index (χ1) is 12.7. The van der Waals surface area contributed by atoms with Gasteiger partial charge in [-0.05, 0) is 30.3 Å². The van der Waals surface area contributed by atoms with Gasteiger partial charge in [-0.25, -0.2) is 9.97 Å². The van der Waals surface area contributed by atoms with Crippen LogP contribution in [0.4, 0.5) is 19.1 Å². The molecule has 0 saturated carbocycles. The molecule has 3 aromatic rings. The summed E-state index contributed by atoms with van der Waals surface area (Å²) in [7, 11) is 1.41. The molecule has 140 valence electrons. The highest BCUT2D eigenvalue weighted by atomic mass is 35.5. The summed E-state index contributed by atoms with van der Waals surface area (Å²) in [5.41, 5.74) is 5.74. The van der Waals surface area contributed by atoms with Gasteiger partial charge in [-0.3, -0.25) is 4.79 Å². The van der Waals surface area contributed by atoms with E-state index in [4.69, 9.17) is 17.3 Å². The van der Waals surface area contributed by atoms with Gasteiger partial charge in [0.15, 0.2) is 0 Å². The second kappa shape index (κ2) is 6.92. The van der Waals surface area contributed by atoms with Crippen molar-refractivity contribution in [2.45, 2.75) is 6.18 Å². The molecular weight excluding hydrogens is 383 g/mol. The fourth-order valence-corrected chi connectivity index (χ4v) is 2.75. The molecule has 0 bridgehead atoms. The fraction of sp³-hybridized carbons (Fsp3) is 0.118. The van der Waals surface area contributed by atoms with E-state index < -0.39 is 17.6 Å². The van der Waals surface area contributed by atoms with Gasteiger partial charge in [-0.1, -0.05) is 11.6 Å². The zero-order valence-corrected chi connectivity index (χ0v) is 14.6. The maximum atomic E-state index is 13.1. The molecule has 0 fully saturated rings. The Labute approximate surface area is 156 Å². The van der Waals surface area contributed by atoms with Crippen LogP contribution in [-0.2, 0) is 6.18 Å². The molecule has 6 nitrogen and oxygen atoms in total. The van der Waals surface area contributed by atoms with Crippen LogP contribution >= 0.6 is 11.6 Å². The SMILES string of the molecule is CNC(=O)c1cc(-c2ccnc(N)n2)[nH]c1-c1cc(C(F)(F)F)ccc1Cl. The number of aromatic amines is 1. The number of carbonyl (C=O) groups excluding carboxylic acids is 1. The Bertz CT molecular complexity index is 1020. The number of anilines is 1. The van der Waals surface area contributed by atoms with Gasteiger partial charge in [0, 0.05) is 23.8 Å². The zero-order chi connectivity index (χ0) is 19.8. The van der Waals surface area contributed by atoms with Gasteiger partial charge < -0.3 is 16.0 Å². The number of benzene rings is 1. The van der Waals surface area contributed by atoms with Gasteiger partial charge >= 0.3 is 6.18 Å². The minimum Gasteiger partial charge on any atom is -0.368 e. The van der Waals surface area contributed by atoms with E-state index in [1.165, 1.54) is 19.3 Å². The molecular formula is C17H13ClF3N5O. The van der Waals surface area contributed by atoms with Crippen molar-refractivity contribution < 1.29 is 18.0 Å². The first kappa shape index (κ1) is 18.7. The molecule has 0 unspecified atom stereocenters. The fourth-order valence-electron chi connectivity index (χ4n) is 2.54. The van der Waals surface area contributed by atoms with Crippen molar-refractivity contribution in [1.82, 2.24) is 20.3 Å². The normalized spacial score (nSPS) is 11.4. The van der Waals surface area contributed by atoms with Gasteiger partial charge in [0.25, 0.3) is 5.91 Å². The number of amides is 1. The second-order valence-corrected chi connectivity index (χ2v) is 5.95. The van der Waals surface area contributed by atoms with E-state index in [0.717, 1.165) is 18.2 Å². The lowest BCUT2D eigenvalue weighted by atomic mass is 10.0. The zero-order valence-electron chi connectivity index (χ0n) is 13.9. The van der Waals surface area contributed by atoms with Crippen molar-refractivity contribution in [3.63, 3.8) is 0 Å². The summed E-state index contributed by atoms with van der Waals surface area (Å²) in [5.74, 6) is -0.481. The van der Waals surface area contributed by atoms with Crippen molar-refractivity contribution in [3.8, 4) is 22.6 Å². The van der Waals surface area contributed by atoms with Crippen molar-refractivity contribution in [2.24, 2.45) is 0 Å². The number of nitrogens with two attached hydrogens (primary N) is 1. The number of nitrogen functional groups attached to an aromatic ring is 1. The molecule has 27 heavy (non-hydrogen) atoms. The Hall–Kier alpha value is -3.07. The lowest BCUT2D eigenvalue weighted by molar-refractivity contribution is -0.137. The van der Waals surface area contributed by atoms with Crippen LogP contribution in [-0.4, -0.2) is 27.9 Å². The summed E-state index contributed by atoms with van der Waals surface area (Å²) in [6.07, 6.45) is -3.13. The number of carbonyl (C=O) groups is 1. The maximum Gasteiger partial charge on any atom is 0.416 e. The van der Waals surface area contributed by atoms with Crippen molar-refractivity contribution in [3.05, 3.63) is 52.7 Å². The summed E-state index contributed by atoms with van der Waals surface area (Å²) in [6.45, 7) is 0. The third-order valence-corrected chi connectivity index (χ3v) is 4.13. The van der Waals surface area contributed by atoms with E-state index in [0.29, 0.717) is 11.4 Å². The molecule has 3 rings (SSSR count). The summed E-state index contributed by atoms with van der Waals surface area (Å²) < 4.78 is 39.3. The quantitative estimate of drug-likeness (QED) is 0.629. The summed E-state index contributed by atoms with van der Waals surface area (Å²) in [6, 6.07) is 5.91. The lowest BCUT2D eigenvalue weighted by Crippen LogP contribution is -2.18. The molecule has 4 N–H and O–H groups in total. The lowest BCUT2D eigenvalue weighted by Gasteiger charge is -2.11. The smallest absolute Gasteiger partial charge is 0.368 e. The maximum absolute atomic E-state index is 13.1. The Morgan fingerprint density at radius 1 is 1.26 bits per heavy atom. The third kappa shape index (κ3) is 3.72. The highest BCUT2D eigenvalue weighted by Crippen LogP contribution is 2.38. The van der Waals surface area contributed by atoms with Crippen LogP contribution in [0.3, 0.4) is 0 Å². The highest BCUT2D eigenvalue weighted by molar-refractivity contribution is 6.33. The van der Waals surface area contributed by atoms with Gasteiger partial charge in [0.2, 0.25) is 5.95 Å². The predicted molar refractivity (Wildman–Crippen MR) is 95.1 cm³/mol. The van der Waals surface area contributed by atoms with Crippen LogP contribution in [0, 0.1) is 0 Å². The molecule has 0 atom stereocenters. The van der Waals surface area contributed by atoms with E-state index in [1.807, 2.05) is 0 Å². The minimum atomic E-state index is -4.55. The Morgan fingerprint density at radius 2 is 2.00 bits per heavy atom. The van der Waals surface area contributed by atoms with Crippen LogP contribution in [0.1, 0.15) is 15.9 Å². The van der Waals surface area contributed by atoms with Gasteiger partial charge in [0.1, 0.15) is 0 Å². The van der Waals surface area contributed by atoms with Crippen LogP contribution in [0.2, 0.25) is 5.02 Å². The second-order valence-electron chi connectivity index (χ2n) is 5.54. The first-order valence-electron chi connectivity index (χ1n) is 7.62. The number of hydrogen-bond donors (Lipinski definition) is 3. The molecule has 0 aliphatic rings. The minimum absolute atomic E-state index is 0.0160. The topological polar surface area (TPSA) is 96.7 Å². The number of rotatable bonds is 3. The number of H-pyrrole nitrogens is 1. The van der Waals surface area contributed by atoms with Crippen molar-refractivity contribution in [1.29, 1.82) is 0 Å². The van der Waals surface area contributed by atoms with E-state index in [1.54, 1.807) is 6.07 Å². The van der Waals surface area contributed by atoms with E-state index in [-0.39, 0.29) is 27.8 Å². The number of nitrogens with zero attached hydrogens (tertiary/aromatic N) is 2. The summed E-state index contributed by atoms with van der Waals surface area (Å²) >= 11 is 6.12. The average Bonchev–Trinajstić information content (AvgIpc) is 3.05. The molecule has 0 aliphatic carbocycles. The monoisotopic (exact) mass is 395 g/mol. The number of nitrogens with one attached hydrogen (secondary N) is 2. The Kier molecular flexibility index (Phi) is 4.79. The number of hydrogen-bond acceptors (Lipinski definition) is 4. The van der Waals surface area contributed by atoms with Crippen LogP contribution in [0.25, 0.3) is 22.6 Å².